The van der Waals surface area contributed by atoms with Crippen molar-refractivity contribution in [2.45, 2.75) is 58.7 Å². The van der Waals surface area contributed by atoms with Gasteiger partial charge in [0.05, 0.1) is 12.2 Å². The maximum atomic E-state index is 9.70. The standard InChI is InChI=1S/C11H24O2/c1-5-10(6-2)8-11(12)7-9(3)13-4/h9-12H,5-8H2,1-4H3. The van der Waals surface area contributed by atoms with Crippen LogP contribution in [0.3, 0.4) is 0 Å². The molecule has 0 amide bonds. The molecule has 2 nitrogen and oxygen atoms in total. The summed E-state index contributed by atoms with van der Waals surface area (Å²) >= 11 is 0. The molecule has 0 spiro atoms. The van der Waals surface area contributed by atoms with Crippen LogP contribution in [0.1, 0.15) is 46.5 Å². The minimum absolute atomic E-state index is 0.171. The summed E-state index contributed by atoms with van der Waals surface area (Å²) in [6.45, 7) is 6.36. The number of methoxy groups -OCH3 is 1. The Kier molecular flexibility index (Phi) is 7.29. The van der Waals surface area contributed by atoms with Crippen molar-refractivity contribution in [1.29, 1.82) is 0 Å². The first-order valence-electron chi connectivity index (χ1n) is 5.34. The highest BCUT2D eigenvalue weighted by molar-refractivity contribution is 4.65. The first kappa shape index (κ1) is 12.9. The van der Waals surface area contributed by atoms with Crippen LogP contribution in [0.15, 0.2) is 0 Å². The molecule has 0 bridgehead atoms. The largest absolute Gasteiger partial charge is 0.393 e. The van der Waals surface area contributed by atoms with E-state index in [0.29, 0.717) is 5.92 Å². The first-order chi connectivity index (χ1) is 6.13. The summed E-state index contributed by atoms with van der Waals surface area (Å²) in [6.07, 6.45) is 3.97. The van der Waals surface area contributed by atoms with E-state index in [4.69, 9.17) is 4.74 Å². The van der Waals surface area contributed by atoms with E-state index in [2.05, 4.69) is 13.8 Å². The van der Waals surface area contributed by atoms with Crippen LogP contribution in [0.25, 0.3) is 0 Å². The molecule has 0 saturated carbocycles. The van der Waals surface area contributed by atoms with Gasteiger partial charge in [0.2, 0.25) is 0 Å². The van der Waals surface area contributed by atoms with Crippen molar-refractivity contribution >= 4 is 0 Å². The van der Waals surface area contributed by atoms with E-state index in [9.17, 15) is 5.11 Å². The van der Waals surface area contributed by atoms with Gasteiger partial charge in [-0.2, -0.15) is 0 Å². The molecule has 2 heteroatoms. The van der Waals surface area contributed by atoms with Gasteiger partial charge in [0, 0.05) is 7.11 Å². The van der Waals surface area contributed by atoms with Crippen LogP contribution in [0, 0.1) is 5.92 Å². The SMILES string of the molecule is CCC(CC)CC(O)CC(C)OC. The molecule has 0 saturated heterocycles. The van der Waals surface area contributed by atoms with Crippen LogP contribution in [0.5, 0.6) is 0 Å². The van der Waals surface area contributed by atoms with Gasteiger partial charge in [0.1, 0.15) is 0 Å². The molecule has 0 radical (unpaired) electrons. The molecular weight excluding hydrogens is 164 g/mol. The van der Waals surface area contributed by atoms with E-state index < -0.39 is 0 Å². The topological polar surface area (TPSA) is 29.5 Å². The van der Waals surface area contributed by atoms with Crippen LogP contribution in [-0.4, -0.2) is 24.4 Å². The van der Waals surface area contributed by atoms with Gasteiger partial charge >= 0.3 is 0 Å². The average Bonchev–Trinajstić information content (AvgIpc) is 2.13. The molecule has 0 aliphatic rings. The summed E-state index contributed by atoms with van der Waals surface area (Å²) in [4.78, 5) is 0. The predicted octanol–water partition coefficient (Wildman–Crippen LogP) is 2.60. The molecule has 2 unspecified atom stereocenters. The highest BCUT2D eigenvalue weighted by atomic mass is 16.5. The summed E-state index contributed by atoms with van der Waals surface area (Å²) in [5.41, 5.74) is 0. The second-order valence-corrected chi connectivity index (χ2v) is 3.85. The van der Waals surface area contributed by atoms with Gasteiger partial charge in [-0.1, -0.05) is 26.7 Å². The van der Waals surface area contributed by atoms with Gasteiger partial charge in [-0.15, -0.1) is 0 Å². The third kappa shape index (κ3) is 6.05. The lowest BCUT2D eigenvalue weighted by Gasteiger charge is -2.19. The van der Waals surface area contributed by atoms with Crippen LogP contribution in [-0.2, 0) is 4.74 Å². The highest BCUT2D eigenvalue weighted by Crippen LogP contribution is 2.17. The van der Waals surface area contributed by atoms with Gasteiger partial charge in [0.15, 0.2) is 0 Å². The summed E-state index contributed by atoms with van der Waals surface area (Å²) in [5, 5.41) is 9.70. The Labute approximate surface area is 82.3 Å². The summed E-state index contributed by atoms with van der Waals surface area (Å²) in [5.74, 6) is 0.666. The predicted molar refractivity (Wildman–Crippen MR) is 55.8 cm³/mol. The van der Waals surface area contributed by atoms with E-state index in [1.54, 1.807) is 7.11 Å². The lowest BCUT2D eigenvalue weighted by atomic mass is 9.94. The Morgan fingerprint density at radius 2 is 1.69 bits per heavy atom. The molecule has 0 aromatic heterocycles. The fourth-order valence-electron chi connectivity index (χ4n) is 1.58. The Morgan fingerprint density at radius 1 is 1.15 bits per heavy atom. The van der Waals surface area contributed by atoms with Crippen molar-refractivity contribution in [3.05, 3.63) is 0 Å². The van der Waals surface area contributed by atoms with Crippen LogP contribution in [0.4, 0.5) is 0 Å². The molecule has 0 aromatic rings. The molecule has 1 N–H and O–H groups in total. The van der Waals surface area contributed by atoms with Crippen molar-refractivity contribution in [3.63, 3.8) is 0 Å². The Morgan fingerprint density at radius 3 is 2.08 bits per heavy atom. The van der Waals surface area contributed by atoms with Gasteiger partial charge in [0.25, 0.3) is 0 Å². The molecule has 0 rings (SSSR count). The second-order valence-electron chi connectivity index (χ2n) is 3.85. The van der Waals surface area contributed by atoms with Crippen molar-refractivity contribution in [2.75, 3.05) is 7.11 Å². The van der Waals surface area contributed by atoms with Crippen LogP contribution >= 0.6 is 0 Å². The quantitative estimate of drug-likeness (QED) is 0.665. The molecule has 0 aliphatic carbocycles. The lowest BCUT2D eigenvalue weighted by Crippen LogP contribution is -2.19. The molecule has 0 aliphatic heterocycles. The summed E-state index contributed by atoms with van der Waals surface area (Å²) in [7, 11) is 1.69. The smallest absolute Gasteiger partial charge is 0.0567 e. The zero-order valence-corrected chi connectivity index (χ0v) is 9.42. The Balaban J connectivity index is 3.65. The maximum absolute atomic E-state index is 9.70. The monoisotopic (exact) mass is 188 g/mol. The molecule has 0 fully saturated rings. The molecule has 13 heavy (non-hydrogen) atoms. The van der Waals surface area contributed by atoms with Crippen LogP contribution < -0.4 is 0 Å². The van der Waals surface area contributed by atoms with Gasteiger partial charge in [-0.3, -0.25) is 0 Å². The van der Waals surface area contributed by atoms with E-state index >= 15 is 0 Å². The first-order valence-corrected chi connectivity index (χ1v) is 5.34. The van der Waals surface area contributed by atoms with E-state index in [1.165, 1.54) is 0 Å². The van der Waals surface area contributed by atoms with Crippen molar-refractivity contribution in [2.24, 2.45) is 5.92 Å². The Bertz CT molecular complexity index is 111. The number of ether oxygens (including phenoxy) is 1. The van der Waals surface area contributed by atoms with Crippen molar-refractivity contribution in [3.8, 4) is 0 Å². The number of hydrogen-bond acceptors (Lipinski definition) is 2. The average molecular weight is 188 g/mol. The zero-order valence-electron chi connectivity index (χ0n) is 9.42. The van der Waals surface area contributed by atoms with Crippen LogP contribution in [0.2, 0.25) is 0 Å². The summed E-state index contributed by atoms with van der Waals surface area (Å²) < 4.78 is 5.11. The molecule has 80 valence electrons. The fraction of sp³-hybridized carbons (Fsp3) is 1.00. The van der Waals surface area contributed by atoms with Gasteiger partial charge < -0.3 is 9.84 Å². The molecule has 0 heterocycles. The Hall–Kier alpha value is -0.0800. The zero-order chi connectivity index (χ0) is 10.3. The van der Waals surface area contributed by atoms with Gasteiger partial charge in [-0.25, -0.2) is 0 Å². The lowest BCUT2D eigenvalue weighted by molar-refractivity contribution is 0.0449. The fourth-order valence-corrected chi connectivity index (χ4v) is 1.58. The normalized spacial score (nSPS) is 16.2. The van der Waals surface area contributed by atoms with Gasteiger partial charge in [-0.05, 0) is 25.7 Å². The number of aliphatic hydroxyl groups excluding tert-OH is 1. The molecule has 2 atom stereocenters. The van der Waals surface area contributed by atoms with Crippen molar-refractivity contribution < 1.29 is 9.84 Å². The van der Waals surface area contributed by atoms with Crippen molar-refractivity contribution in [1.82, 2.24) is 0 Å². The number of aliphatic hydroxyl groups is 1. The molecular formula is C11H24O2. The maximum Gasteiger partial charge on any atom is 0.0567 e. The van der Waals surface area contributed by atoms with E-state index in [-0.39, 0.29) is 12.2 Å². The second kappa shape index (κ2) is 7.34. The number of rotatable bonds is 7. The molecule has 0 aromatic carbocycles. The minimum Gasteiger partial charge on any atom is -0.393 e. The van der Waals surface area contributed by atoms with E-state index in [1.807, 2.05) is 6.92 Å². The summed E-state index contributed by atoms with van der Waals surface area (Å²) in [6, 6.07) is 0. The highest BCUT2D eigenvalue weighted by Gasteiger charge is 2.13. The minimum atomic E-state index is -0.195. The third-order valence-corrected chi connectivity index (χ3v) is 2.77. The van der Waals surface area contributed by atoms with E-state index in [0.717, 1.165) is 25.7 Å². The number of hydrogen-bond donors (Lipinski definition) is 1. The third-order valence-electron chi connectivity index (χ3n) is 2.77.